The number of benzene rings is 2. The average molecular weight is 282 g/mol. The molecule has 2 aliphatic heterocycles. The second-order valence-corrected chi connectivity index (χ2v) is 6.33. The molecule has 2 heterocycles. The molecule has 0 saturated carbocycles. The van der Waals surface area contributed by atoms with Crippen LogP contribution in [0.25, 0.3) is 0 Å². The molecule has 0 bridgehead atoms. The van der Waals surface area contributed by atoms with E-state index in [0.717, 1.165) is 22.6 Å². The van der Waals surface area contributed by atoms with E-state index in [0.29, 0.717) is 11.9 Å². The van der Waals surface area contributed by atoms with Gasteiger partial charge in [-0.3, -0.25) is 0 Å². The molecule has 0 amide bonds. The quantitative estimate of drug-likeness (QED) is 0.726. The van der Waals surface area contributed by atoms with Crippen molar-refractivity contribution in [2.45, 2.75) is 10.2 Å². The first-order valence-corrected chi connectivity index (χ1v) is 7.53. The lowest BCUT2D eigenvalue weighted by atomic mass is 9.96. The molecule has 20 heavy (non-hydrogen) atoms. The first-order valence-electron chi connectivity index (χ1n) is 6.65. The number of hydrogen-bond acceptors (Lipinski definition) is 3. The summed E-state index contributed by atoms with van der Waals surface area (Å²) < 4.78 is 12.3. The van der Waals surface area contributed by atoms with Crippen molar-refractivity contribution in [3.63, 3.8) is 0 Å². The van der Waals surface area contributed by atoms with Crippen molar-refractivity contribution in [1.82, 2.24) is 0 Å². The normalized spacial score (nSPS) is 21.9. The Morgan fingerprint density at radius 2 is 1.65 bits per heavy atom. The van der Waals surface area contributed by atoms with Crippen molar-refractivity contribution >= 4 is 11.8 Å². The van der Waals surface area contributed by atoms with Gasteiger partial charge in [-0.15, -0.1) is 18.3 Å². The minimum atomic E-state index is -0.468. The summed E-state index contributed by atoms with van der Waals surface area (Å²) in [5.74, 6) is 1.76. The average Bonchev–Trinajstić information content (AvgIpc) is 2.93. The van der Waals surface area contributed by atoms with E-state index < -0.39 is 4.93 Å². The fraction of sp³-hybridized carbons (Fsp3) is 0.176. The third kappa shape index (κ3) is 1.57. The highest BCUT2D eigenvalue weighted by molar-refractivity contribution is 8.01. The number of rotatable bonds is 1. The van der Waals surface area contributed by atoms with E-state index in [4.69, 9.17) is 9.47 Å². The van der Waals surface area contributed by atoms with Gasteiger partial charge in [0.25, 0.3) is 0 Å². The topological polar surface area (TPSA) is 18.5 Å². The van der Waals surface area contributed by atoms with E-state index >= 15 is 0 Å². The Balaban J connectivity index is 1.96. The minimum absolute atomic E-state index is 0.300. The molecule has 0 aromatic heterocycles. The second-order valence-electron chi connectivity index (χ2n) is 4.91. The molecule has 2 nitrogen and oxygen atoms in total. The summed E-state index contributed by atoms with van der Waals surface area (Å²) in [4.78, 5) is -0.468. The van der Waals surface area contributed by atoms with Crippen molar-refractivity contribution in [2.24, 2.45) is 0 Å². The van der Waals surface area contributed by atoms with Gasteiger partial charge in [-0.1, -0.05) is 42.5 Å². The van der Waals surface area contributed by atoms with E-state index in [1.807, 2.05) is 42.5 Å². The van der Waals surface area contributed by atoms with Crippen LogP contribution in [0.15, 0.2) is 61.2 Å². The monoisotopic (exact) mass is 282 g/mol. The summed E-state index contributed by atoms with van der Waals surface area (Å²) in [6.07, 6.45) is 1.96. The van der Waals surface area contributed by atoms with Gasteiger partial charge in [0.05, 0.1) is 6.61 Å². The number of hydrogen-bond donors (Lipinski definition) is 0. The predicted octanol–water partition coefficient (Wildman–Crippen LogP) is 4.31. The lowest BCUT2D eigenvalue weighted by Gasteiger charge is -2.35. The molecule has 2 aromatic carbocycles. The zero-order valence-electron chi connectivity index (χ0n) is 10.9. The van der Waals surface area contributed by atoms with Gasteiger partial charge in [0, 0.05) is 16.4 Å². The van der Waals surface area contributed by atoms with Gasteiger partial charge in [-0.2, -0.15) is 0 Å². The van der Waals surface area contributed by atoms with E-state index in [9.17, 15) is 0 Å². The predicted molar refractivity (Wildman–Crippen MR) is 81.3 cm³/mol. The molecule has 0 aliphatic carbocycles. The fourth-order valence-corrected chi connectivity index (χ4v) is 4.18. The lowest BCUT2D eigenvalue weighted by Crippen LogP contribution is -2.27. The van der Waals surface area contributed by atoms with Crippen LogP contribution in [0.3, 0.4) is 0 Å². The van der Waals surface area contributed by atoms with Crippen molar-refractivity contribution < 1.29 is 9.47 Å². The molecule has 1 spiro atoms. The van der Waals surface area contributed by atoms with Crippen LogP contribution < -0.4 is 4.74 Å². The largest absolute Gasteiger partial charge is 0.456 e. The van der Waals surface area contributed by atoms with Gasteiger partial charge in [0.2, 0.25) is 0 Å². The van der Waals surface area contributed by atoms with Gasteiger partial charge in [-0.05, 0) is 12.1 Å². The Labute approximate surface area is 122 Å². The van der Waals surface area contributed by atoms with E-state index in [2.05, 4.69) is 18.7 Å². The summed E-state index contributed by atoms with van der Waals surface area (Å²) >= 11 is 1.80. The fourth-order valence-electron chi connectivity index (χ4n) is 2.80. The number of para-hydroxylation sites is 2. The molecule has 0 N–H and O–H groups in total. The van der Waals surface area contributed by atoms with E-state index in [1.54, 1.807) is 11.8 Å². The maximum atomic E-state index is 6.25. The lowest BCUT2D eigenvalue weighted by molar-refractivity contribution is 0.0688. The molecule has 100 valence electrons. The molecule has 3 heteroatoms. The zero-order valence-corrected chi connectivity index (χ0v) is 11.7. The van der Waals surface area contributed by atoms with Crippen LogP contribution in [-0.4, -0.2) is 11.9 Å². The third-order valence-electron chi connectivity index (χ3n) is 3.73. The molecular formula is C17H14O2S. The Morgan fingerprint density at radius 3 is 2.20 bits per heavy atom. The summed E-state index contributed by atoms with van der Waals surface area (Å²) in [7, 11) is 0. The number of ether oxygens (including phenoxy) is 2. The molecule has 1 unspecified atom stereocenters. The standard InChI is InChI=1S/C17H14O2S/c1-2-12-11-18-17(20-12)13-7-3-5-9-15(13)19-16-10-6-4-8-14(16)17/h2-10,12H,1,11H2. The van der Waals surface area contributed by atoms with Crippen molar-refractivity contribution in [1.29, 1.82) is 0 Å². The van der Waals surface area contributed by atoms with E-state index in [-0.39, 0.29) is 0 Å². The molecule has 2 aromatic rings. The van der Waals surface area contributed by atoms with Gasteiger partial charge in [-0.25, -0.2) is 0 Å². The highest BCUT2D eigenvalue weighted by Gasteiger charge is 2.49. The van der Waals surface area contributed by atoms with E-state index in [1.165, 1.54) is 0 Å². The maximum Gasteiger partial charge on any atom is 0.172 e. The van der Waals surface area contributed by atoms with Gasteiger partial charge in [0.1, 0.15) is 11.5 Å². The van der Waals surface area contributed by atoms with Gasteiger partial charge in [0.15, 0.2) is 4.93 Å². The Hall–Kier alpha value is -1.71. The van der Waals surface area contributed by atoms with Crippen molar-refractivity contribution in [3.05, 3.63) is 72.3 Å². The summed E-state index contributed by atoms with van der Waals surface area (Å²) in [5.41, 5.74) is 2.18. The van der Waals surface area contributed by atoms with Crippen LogP contribution in [0.2, 0.25) is 0 Å². The molecule has 2 aliphatic rings. The van der Waals surface area contributed by atoms with Crippen LogP contribution in [-0.2, 0) is 9.67 Å². The summed E-state index contributed by atoms with van der Waals surface area (Å²) in [6, 6.07) is 16.2. The molecule has 1 atom stereocenters. The highest BCUT2D eigenvalue weighted by atomic mass is 32.2. The smallest absolute Gasteiger partial charge is 0.172 e. The van der Waals surface area contributed by atoms with Crippen LogP contribution in [0, 0.1) is 0 Å². The van der Waals surface area contributed by atoms with Crippen LogP contribution >= 0.6 is 11.8 Å². The Bertz CT molecular complexity index is 635. The highest BCUT2D eigenvalue weighted by Crippen LogP contribution is 2.58. The molecule has 1 saturated heterocycles. The zero-order chi connectivity index (χ0) is 13.6. The van der Waals surface area contributed by atoms with Crippen LogP contribution in [0.1, 0.15) is 11.1 Å². The van der Waals surface area contributed by atoms with Crippen molar-refractivity contribution in [3.8, 4) is 11.5 Å². The first-order chi connectivity index (χ1) is 9.83. The van der Waals surface area contributed by atoms with Crippen LogP contribution in [0.5, 0.6) is 11.5 Å². The second kappa shape index (κ2) is 4.40. The molecule has 4 rings (SSSR count). The number of thioether (sulfide) groups is 1. The first kappa shape index (κ1) is 12.1. The Morgan fingerprint density at radius 1 is 1.05 bits per heavy atom. The van der Waals surface area contributed by atoms with Gasteiger partial charge >= 0.3 is 0 Å². The van der Waals surface area contributed by atoms with Gasteiger partial charge < -0.3 is 9.47 Å². The molecule has 1 fully saturated rings. The minimum Gasteiger partial charge on any atom is -0.456 e. The maximum absolute atomic E-state index is 6.25. The molecular weight excluding hydrogens is 268 g/mol. The SMILES string of the molecule is C=CC1COC2(S1)c1ccccc1Oc1ccccc12. The number of fused-ring (bicyclic) bond motifs is 4. The van der Waals surface area contributed by atoms with Crippen molar-refractivity contribution in [2.75, 3.05) is 6.61 Å². The summed E-state index contributed by atoms with van der Waals surface area (Å²) in [6.45, 7) is 4.58. The molecule has 0 radical (unpaired) electrons. The van der Waals surface area contributed by atoms with Crippen LogP contribution in [0.4, 0.5) is 0 Å². The third-order valence-corrected chi connectivity index (χ3v) is 5.26. The Kier molecular flexibility index (Phi) is 2.65. The summed E-state index contributed by atoms with van der Waals surface area (Å²) in [5, 5.41) is 0.300.